The van der Waals surface area contributed by atoms with E-state index >= 15 is 0 Å². The maximum Gasteiger partial charge on any atom is 0.125 e. The first kappa shape index (κ1) is 11.9. The van der Waals surface area contributed by atoms with Crippen molar-refractivity contribution < 1.29 is 4.42 Å². The standard InChI is InChI=1S/C15H19NO/c1-10-6-5-7-13(12(10)3)15(16-4)14-9-8-11(2)17-14/h5-9,15-16H,1-4H3. The summed E-state index contributed by atoms with van der Waals surface area (Å²) in [6.07, 6.45) is 0. The van der Waals surface area contributed by atoms with Crippen LogP contribution >= 0.6 is 0 Å². The van der Waals surface area contributed by atoms with Crippen molar-refractivity contribution in [2.75, 3.05) is 7.05 Å². The van der Waals surface area contributed by atoms with E-state index in [-0.39, 0.29) is 6.04 Å². The van der Waals surface area contributed by atoms with Crippen LogP contribution in [0.5, 0.6) is 0 Å². The fraction of sp³-hybridized carbons (Fsp3) is 0.333. The van der Waals surface area contributed by atoms with E-state index in [0.29, 0.717) is 0 Å². The van der Waals surface area contributed by atoms with E-state index in [1.165, 1.54) is 16.7 Å². The molecule has 0 aliphatic rings. The van der Waals surface area contributed by atoms with Gasteiger partial charge in [0.25, 0.3) is 0 Å². The molecule has 0 saturated carbocycles. The van der Waals surface area contributed by atoms with Crippen molar-refractivity contribution in [3.63, 3.8) is 0 Å². The minimum Gasteiger partial charge on any atom is -0.464 e. The summed E-state index contributed by atoms with van der Waals surface area (Å²) in [7, 11) is 1.96. The molecule has 0 saturated heterocycles. The third-order valence-electron chi connectivity index (χ3n) is 3.29. The fourth-order valence-corrected chi connectivity index (χ4v) is 2.15. The molecular formula is C15H19NO. The second-order valence-corrected chi connectivity index (χ2v) is 4.46. The third-order valence-corrected chi connectivity index (χ3v) is 3.29. The van der Waals surface area contributed by atoms with Crippen molar-refractivity contribution >= 4 is 0 Å². The Morgan fingerprint density at radius 3 is 2.41 bits per heavy atom. The largest absolute Gasteiger partial charge is 0.464 e. The van der Waals surface area contributed by atoms with E-state index in [9.17, 15) is 0 Å². The number of benzene rings is 1. The van der Waals surface area contributed by atoms with Crippen molar-refractivity contribution in [3.8, 4) is 0 Å². The number of furan rings is 1. The van der Waals surface area contributed by atoms with Crippen molar-refractivity contribution in [3.05, 3.63) is 58.5 Å². The highest BCUT2D eigenvalue weighted by molar-refractivity contribution is 5.38. The quantitative estimate of drug-likeness (QED) is 0.871. The third kappa shape index (κ3) is 2.27. The molecule has 0 fully saturated rings. The second kappa shape index (κ2) is 4.76. The molecule has 1 N–H and O–H groups in total. The van der Waals surface area contributed by atoms with Gasteiger partial charge < -0.3 is 9.73 Å². The van der Waals surface area contributed by atoms with Crippen LogP contribution in [-0.2, 0) is 0 Å². The average molecular weight is 229 g/mol. The number of rotatable bonds is 3. The number of hydrogen-bond acceptors (Lipinski definition) is 2. The molecule has 2 rings (SSSR count). The van der Waals surface area contributed by atoms with E-state index in [0.717, 1.165) is 11.5 Å². The molecule has 17 heavy (non-hydrogen) atoms. The Morgan fingerprint density at radius 2 is 1.82 bits per heavy atom. The van der Waals surface area contributed by atoms with E-state index < -0.39 is 0 Å². The van der Waals surface area contributed by atoms with Crippen LogP contribution in [0, 0.1) is 20.8 Å². The summed E-state index contributed by atoms with van der Waals surface area (Å²) in [5.41, 5.74) is 3.91. The maximum absolute atomic E-state index is 5.72. The monoisotopic (exact) mass is 229 g/mol. The molecule has 0 aliphatic heterocycles. The first-order valence-corrected chi connectivity index (χ1v) is 5.93. The molecule has 0 radical (unpaired) electrons. The Hall–Kier alpha value is -1.54. The zero-order chi connectivity index (χ0) is 12.4. The van der Waals surface area contributed by atoms with Gasteiger partial charge >= 0.3 is 0 Å². The van der Waals surface area contributed by atoms with Gasteiger partial charge in [-0.3, -0.25) is 0 Å². The first-order chi connectivity index (χ1) is 8.13. The molecule has 1 aromatic heterocycles. The highest BCUT2D eigenvalue weighted by atomic mass is 16.3. The van der Waals surface area contributed by atoms with E-state index in [4.69, 9.17) is 4.42 Å². The molecule has 2 nitrogen and oxygen atoms in total. The molecule has 0 spiro atoms. The van der Waals surface area contributed by atoms with Crippen LogP contribution in [0.25, 0.3) is 0 Å². The second-order valence-electron chi connectivity index (χ2n) is 4.46. The number of hydrogen-bond donors (Lipinski definition) is 1. The minimum atomic E-state index is 0.128. The van der Waals surface area contributed by atoms with Crippen molar-refractivity contribution in [2.45, 2.75) is 26.8 Å². The Balaban J connectivity index is 2.45. The van der Waals surface area contributed by atoms with Gasteiger partial charge in [-0.25, -0.2) is 0 Å². The summed E-state index contributed by atoms with van der Waals surface area (Å²) in [5.74, 6) is 1.92. The van der Waals surface area contributed by atoms with E-state index in [2.05, 4.69) is 37.4 Å². The predicted molar refractivity (Wildman–Crippen MR) is 70.3 cm³/mol. The van der Waals surface area contributed by atoms with Crippen LogP contribution in [0.2, 0.25) is 0 Å². The highest BCUT2D eigenvalue weighted by Gasteiger charge is 2.17. The van der Waals surface area contributed by atoms with Crippen LogP contribution in [0.4, 0.5) is 0 Å². The Kier molecular flexibility index (Phi) is 3.34. The highest BCUT2D eigenvalue weighted by Crippen LogP contribution is 2.27. The Morgan fingerprint density at radius 1 is 1.06 bits per heavy atom. The average Bonchev–Trinajstić information content (AvgIpc) is 2.72. The van der Waals surface area contributed by atoms with Gasteiger partial charge in [0.2, 0.25) is 0 Å². The summed E-state index contributed by atoms with van der Waals surface area (Å²) in [4.78, 5) is 0. The van der Waals surface area contributed by atoms with Gasteiger partial charge in [0, 0.05) is 0 Å². The van der Waals surface area contributed by atoms with E-state index in [1.807, 2.05) is 26.1 Å². The lowest BCUT2D eigenvalue weighted by atomic mass is 9.96. The van der Waals surface area contributed by atoms with Gasteiger partial charge in [-0.05, 0) is 56.6 Å². The van der Waals surface area contributed by atoms with Crippen LogP contribution in [0.3, 0.4) is 0 Å². The summed E-state index contributed by atoms with van der Waals surface area (Å²) in [5, 5.41) is 3.32. The number of nitrogens with one attached hydrogen (secondary N) is 1. The van der Waals surface area contributed by atoms with E-state index in [1.54, 1.807) is 0 Å². The normalized spacial score (nSPS) is 12.7. The SMILES string of the molecule is CNC(c1ccc(C)o1)c1cccc(C)c1C. The first-order valence-electron chi connectivity index (χ1n) is 5.93. The molecule has 1 aromatic carbocycles. The minimum absolute atomic E-state index is 0.128. The van der Waals surface area contributed by atoms with Crippen LogP contribution in [0.15, 0.2) is 34.7 Å². The van der Waals surface area contributed by atoms with Crippen molar-refractivity contribution in [1.29, 1.82) is 0 Å². The van der Waals surface area contributed by atoms with Crippen LogP contribution < -0.4 is 5.32 Å². The van der Waals surface area contributed by atoms with Gasteiger partial charge in [-0.2, -0.15) is 0 Å². The summed E-state index contributed by atoms with van der Waals surface area (Å²) in [6, 6.07) is 10.6. The smallest absolute Gasteiger partial charge is 0.125 e. The lowest BCUT2D eigenvalue weighted by Crippen LogP contribution is -2.18. The van der Waals surface area contributed by atoms with Gasteiger partial charge in [0.15, 0.2) is 0 Å². The lowest BCUT2D eigenvalue weighted by Gasteiger charge is -2.18. The molecule has 2 aromatic rings. The molecular weight excluding hydrogens is 210 g/mol. The van der Waals surface area contributed by atoms with Crippen LogP contribution in [0.1, 0.15) is 34.3 Å². The molecule has 0 aliphatic carbocycles. The molecule has 1 heterocycles. The lowest BCUT2D eigenvalue weighted by molar-refractivity contribution is 0.443. The molecule has 90 valence electrons. The zero-order valence-corrected chi connectivity index (χ0v) is 10.9. The Labute approximate surface area is 103 Å². The van der Waals surface area contributed by atoms with Crippen molar-refractivity contribution in [2.24, 2.45) is 0 Å². The summed E-state index contributed by atoms with van der Waals surface area (Å²) >= 11 is 0. The van der Waals surface area contributed by atoms with Crippen molar-refractivity contribution in [1.82, 2.24) is 5.32 Å². The molecule has 2 heteroatoms. The van der Waals surface area contributed by atoms with Gasteiger partial charge in [-0.15, -0.1) is 0 Å². The van der Waals surface area contributed by atoms with Gasteiger partial charge in [-0.1, -0.05) is 18.2 Å². The van der Waals surface area contributed by atoms with Gasteiger partial charge in [0.05, 0.1) is 6.04 Å². The Bertz CT molecular complexity index is 513. The zero-order valence-electron chi connectivity index (χ0n) is 10.9. The predicted octanol–water partition coefficient (Wildman–Crippen LogP) is 3.51. The summed E-state index contributed by atoms with van der Waals surface area (Å²) in [6.45, 7) is 6.27. The summed E-state index contributed by atoms with van der Waals surface area (Å²) < 4.78 is 5.72. The molecule has 0 amide bonds. The van der Waals surface area contributed by atoms with Gasteiger partial charge in [0.1, 0.15) is 11.5 Å². The fourth-order valence-electron chi connectivity index (χ4n) is 2.15. The molecule has 1 atom stereocenters. The molecule has 1 unspecified atom stereocenters. The molecule has 0 bridgehead atoms. The maximum atomic E-state index is 5.72. The topological polar surface area (TPSA) is 25.2 Å². The van der Waals surface area contributed by atoms with Crippen LogP contribution in [-0.4, -0.2) is 7.05 Å². The number of aryl methyl sites for hydroxylation is 2.